The van der Waals surface area contributed by atoms with Crippen molar-refractivity contribution in [3.63, 3.8) is 0 Å². The van der Waals surface area contributed by atoms with Crippen molar-refractivity contribution < 1.29 is 5.11 Å². The lowest BCUT2D eigenvalue weighted by atomic mass is 9.92. The van der Waals surface area contributed by atoms with Gasteiger partial charge in [0.1, 0.15) is 5.82 Å². The van der Waals surface area contributed by atoms with Crippen LogP contribution in [0.2, 0.25) is 5.02 Å². The Morgan fingerprint density at radius 1 is 1.23 bits per heavy atom. The van der Waals surface area contributed by atoms with E-state index in [1.54, 1.807) is 12.4 Å². The molecule has 2 aromatic heterocycles. The minimum absolute atomic E-state index is 0.144. The SMILES string of the molecule is NC1CCC(Nc2ncc(Cl)c(-c3ccnc(NCCCO)c3)n2)CC1. The standard InChI is InChI=1S/C18H25ClN6O/c19-15-11-23-18(24-14-4-2-13(20)3-5-14)25-17(15)12-6-8-22-16(10-12)21-7-1-9-26/h6,8,10-11,13-14,26H,1-5,7,9,20H2,(H,21,22)(H,23,24,25). The van der Waals surface area contributed by atoms with Crippen LogP contribution in [0.5, 0.6) is 0 Å². The molecule has 8 heteroatoms. The number of nitrogens with one attached hydrogen (secondary N) is 2. The van der Waals surface area contributed by atoms with Gasteiger partial charge in [0.2, 0.25) is 5.95 Å². The van der Waals surface area contributed by atoms with Gasteiger partial charge in [-0.1, -0.05) is 11.6 Å². The Kier molecular flexibility index (Phi) is 6.60. The number of halogens is 1. The van der Waals surface area contributed by atoms with E-state index in [0.717, 1.165) is 37.1 Å². The van der Waals surface area contributed by atoms with E-state index in [-0.39, 0.29) is 6.61 Å². The Morgan fingerprint density at radius 2 is 2.04 bits per heavy atom. The molecule has 3 rings (SSSR count). The highest BCUT2D eigenvalue weighted by atomic mass is 35.5. The molecule has 1 aliphatic carbocycles. The zero-order valence-corrected chi connectivity index (χ0v) is 15.4. The molecule has 26 heavy (non-hydrogen) atoms. The number of nitrogens with two attached hydrogens (primary N) is 1. The summed E-state index contributed by atoms with van der Waals surface area (Å²) in [5.74, 6) is 1.30. The number of aliphatic hydroxyl groups is 1. The molecule has 2 aromatic rings. The van der Waals surface area contributed by atoms with Crippen molar-refractivity contribution in [1.29, 1.82) is 0 Å². The predicted molar refractivity (Wildman–Crippen MR) is 104 cm³/mol. The lowest BCUT2D eigenvalue weighted by Crippen LogP contribution is -2.33. The fraction of sp³-hybridized carbons (Fsp3) is 0.500. The highest BCUT2D eigenvalue weighted by Gasteiger charge is 2.19. The lowest BCUT2D eigenvalue weighted by Gasteiger charge is -2.26. The number of rotatable bonds is 7. The number of pyridine rings is 1. The minimum atomic E-state index is 0.144. The number of nitrogens with zero attached hydrogens (tertiary/aromatic N) is 3. The molecule has 7 nitrogen and oxygen atoms in total. The second kappa shape index (κ2) is 9.12. The van der Waals surface area contributed by atoms with Crippen LogP contribution in [-0.2, 0) is 0 Å². The van der Waals surface area contributed by atoms with Crippen molar-refractivity contribution in [3.8, 4) is 11.3 Å². The first-order chi connectivity index (χ1) is 12.7. The van der Waals surface area contributed by atoms with E-state index in [0.29, 0.717) is 41.7 Å². The maximum Gasteiger partial charge on any atom is 0.223 e. The molecule has 2 heterocycles. The third kappa shape index (κ3) is 5.03. The van der Waals surface area contributed by atoms with Crippen LogP contribution in [-0.4, -0.2) is 45.3 Å². The summed E-state index contributed by atoms with van der Waals surface area (Å²) in [5, 5.41) is 16.0. The Morgan fingerprint density at radius 3 is 2.81 bits per heavy atom. The molecule has 0 spiro atoms. The smallest absolute Gasteiger partial charge is 0.223 e. The van der Waals surface area contributed by atoms with Crippen molar-refractivity contribution in [2.75, 3.05) is 23.8 Å². The van der Waals surface area contributed by atoms with Crippen molar-refractivity contribution in [2.24, 2.45) is 5.73 Å². The molecule has 0 amide bonds. The van der Waals surface area contributed by atoms with E-state index in [9.17, 15) is 0 Å². The van der Waals surface area contributed by atoms with E-state index < -0.39 is 0 Å². The van der Waals surface area contributed by atoms with Gasteiger partial charge in [-0.3, -0.25) is 0 Å². The van der Waals surface area contributed by atoms with Crippen LogP contribution in [0.15, 0.2) is 24.5 Å². The summed E-state index contributed by atoms with van der Waals surface area (Å²) in [7, 11) is 0. The summed E-state index contributed by atoms with van der Waals surface area (Å²) >= 11 is 6.33. The molecule has 0 atom stereocenters. The van der Waals surface area contributed by atoms with E-state index in [2.05, 4.69) is 25.6 Å². The molecule has 0 radical (unpaired) electrons. The molecular formula is C18H25ClN6O. The number of aromatic nitrogens is 3. The largest absolute Gasteiger partial charge is 0.396 e. The highest BCUT2D eigenvalue weighted by molar-refractivity contribution is 6.32. The van der Waals surface area contributed by atoms with Crippen LogP contribution < -0.4 is 16.4 Å². The van der Waals surface area contributed by atoms with Crippen molar-refractivity contribution >= 4 is 23.4 Å². The van der Waals surface area contributed by atoms with E-state index in [1.165, 1.54) is 0 Å². The van der Waals surface area contributed by atoms with Gasteiger partial charge in [0.25, 0.3) is 0 Å². The summed E-state index contributed by atoms with van der Waals surface area (Å²) < 4.78 is 0. The van der Waals surface area contributed by atoms with Crippen LogP contribution in [0.4, 0.5) is 11.8 Å². The van der Waals surface area contributed by atoms with Gasteiger partial charge in [0.05, 0.1) is 16.9 Å². The van der Waals surface area contributed by atoms with Crippen LogP contribution >= 0.6 is 11.6 Å². The molecule has 0 saturated heterocycles. The van der Waals surface area contributed by atoms with Crippen molar-refractivity contribution in [3.05, 3.63) is 29.5 Å². The van der Waals surface area contributed by atoms with Crippen LogP contribution in [0.1, 0.15) is 32.1 Å². The van der Waals surface area contributed by atoms with E-state index in [1.807, 2.05) is 12.1 Å². The maximum absolute atomic E-state index is 8.88. The number of aliphatic hydroxyl groups excluding tert-OH is 1. The van der Waals surface area contributed by atoms with E-state index in [4.69, 9.17) is 22.4 Å². The van der Waals surface area contributed by atoms with Crippen LogP contribution in [0.25, 0.3) is 11.3 Å². The molecule has 0 unspecified atom stereocenters. The van der Waals surface area contributed by atoms with Crippen molar-refractivity contribution in [2.45, 2.75) is 44.2 Å². The van der Waals surface area contributed by atoms with Gasteiger partial charge in [-0.2, -0.15) is 0 Å². The topological polar surface area (TPSA) is 109 Å². The minimum Gasteiger partial charge on any atom is -0.396 e. The zero-order chi connectivity index (χ0) is 18.4. The normalized spacial score (nSPS) is 20.0. The number of hydrogen-bond donors (Lipinski definition) is 4. The maximum atomic E-state index is 8.88. The van der Waals surface area contributed by atoms with Gasteiger partial charge in [0, 0.05) is 37.0 Å². The molecular weight excluding hydrogens is 352 g/mol. The highest BCUT2D eigenvalue weighted by Crippen LogP contribution is 2.28. The first-order valence-corrected chi connectivity index (χ1v) is 9.39. The number of anilines is 2. The summed E-state index contributed by atoms with van der Waals surface area (Å²) in [4.78, 5) is 13.2. The van der Waals surface area contributed by atoms with E-state index >= 15 is 0 Å². The first kappa shape index (κ1) is 18.8. The van der Waals surface area contributed by atoms with Gasteiger partial charge in [-0.05, 0) is 44.2 Å². The van der Waals surface area contributed by atoms with Gasteiger partial charge < -0.3 is 21.5 Å². The second-order valence-electron chi connectivity index (χ2n) is 6.58. The Hall–Kier alpha value is -1.96. The quantitative estimate of drug-likeness (QED) is 0.550. The fourth-order valence-corrected chi connectivity index (χ4v) is 3.26. The first-order valence-electron chi connectivity index (χ1n) is 9.01. The molecule has 1 saturated carbocycles. The third-order valence-corrected chi connectivity index (χ3v) is 4.80. The van der Waals surface area contributed by atoms with Crippen LogP contribution in [0.3, 0.4) is 0 Å². The Labute approximate surface area is 158 Å². The van der Waals surface area contributed by atoms with Gasteiger partial charge in [-0.25, -0.2) is 15.0 Å². The fourth-order valence-electron chi connectivity index (χ4n) is 3.06. The molecule has 5 N–H and O–H groups in total. The summed E-state index contributed by atoms with van der Waals surface area (Å²) in [6.07, 6.45) is 8.09. The lowest BCUT2D eigenvalue weighted by molar-refractivity contribution is 0.292. The third-order valence-electron chi connectivity index (χ3n) is 4.52. The molecule has 0 bridgehead atoms. The Balaban J connectivity index is 1.74. The molecule has 1 fully saturated rings. The zero-order valence-electron chi connectivity index (χ0n) is 14.7. The molecule has 1 aliphatic rings. The van der Waals surface area contributed by atoms with Gasteiger partial charge in [0.15, 0.2) is 0 Å². The van der Waals surface area contributed by atoms with Gasteiger partial charge in [-0.15, -0.1) is 0 Å². The summed E-state index contributed by atoms with van der Waals surface area (Å²) in [6.45, 7) is 0.798. The second-order valence-corrected chi connectivity index (χ2v) is 6.99. The molecule has 0 aliphatic heterocycles. The predicted octanol–water partition coefficient (Wildman–Crippen LogP) is 2.67. The number of hydrogen-bond acceptors (Lipinski definition) is 7. The van der Waals surface area contributed by atoms with Crippen molar-refractivity contribution in [1.82, 2.24) is 15.0 Å². The monoisotopic (exact) mass is 376 g/mol. The summed E-state index contributed by atoms with van der Waals surface area (Å²) in [6, 6.07) is 4.42. The van der Waals surface area contributed by atoms with Gasteiger partial charge >= 0.3 is 0 Å². The Bertz CT molecular complexity index is 721. The molecule has 0 aromatic carbocycles. The average Bonchev–Trinajstić information content (AvgIpc) is 2.66. The molecule has 140 valence electrons. The summed E-state index contributed by atoms with van der Waals surface area (Å²) in [5.41, 5.74) is 7.50. The average molecular weight is 377 g/mol. The van der Waals surface area contributed by atoms with Crippen LogP contribution in [0, 0.1) is 0 Å².